The zero-order chi connectivity index (χ0) is 8.36. The molecule has 0 saturated heterocycles. The maximum atomic E-state index is 9.40. The topological polar surface area (TPSA) is 40.5 Å². The fraction of sp³-hybridized carbons (Fsp3) is 1.00. The fourth-order valence-corrected chi connectivity index (χ4v) is 0.862. The fourth-order valence-electron chi connectivity index (χ4n) is 0.862. The van der Waals surface area contributed by atoms with Crippen LogP contribution >= 0.6 is 0 Å². The van der Waals surface area contributed by atoms with E-state index in [1.165, 1.54) is 0 Å². The van der Waals surface area contributed by atoms with Gasteiger partial charge in [0.05, 0.1) is 12.2 Å². The first kappa shape index (κ1) is 9.92. The van der Waals surface area contributed by atoms with Gasteiger partial charge >= 0.3 is 0 Å². The second-order valence-electron chi connectivity index (χ2n) is 3.53. The minimum Gasteiger partial charge on any atom is -0.391 e. The predicted molar refractivity (Wildman–Crippen MR) is 41.8 cm³/mol. The smallest absolute Gasteiger partial charge is 0.0846 e. The first-order valence-corrected chi connectivity index (χ1v) is 3.78. The van der Waals surface area contributed by atoms with Crippen LogP contribution in [0, 0.1) is 5.41 Å². The minimum atomic E-state index is -0.630. The predicted octanol–water partition coefficient (Wildman–Crippen LogP) is 1.16. The summed E-state index contributed by atoms with van der Waals surface area (Å²) in [4.78, 5) is 0. The van der Waals surface area contributed by atoms with E-state index in [0.717, 1.165) is 6.42 Å². The third-order valence-electron chi connectivity index (χ3n) is 2.17. The van der Waals surface area contributed by atoms with Gasteiger partial charge < -0.3 is 10.2 Å². The van der Waals surface area contributed by atoms with Crippen molar-refractivity contribution in [2.75, 3.05) is 0 Å². The monoisotopic (exact) mass is 146 g/mol. The van der Waals surface area contributed by atoms with Crippen LogP contribution in [-0.2, 0) is 0 Å². The lowest BCUT2D eigenvalue weighted by molar-refractivity contribution is -0.0441. The lowest BCUT2D eigenvalue weighted by Gasteiger charge is -2.30. The molecule has 0 fully saturated rings. The van der Waals surface area contributed by atoms with Crippen molar-refractivity contribution in [1.82, 2.24) is 0 Å². The maximum Gasteiger partial charge on any atom is 0.0846 e. The lowest BCUT2D eigenvalue weighted by atomic mass is 9.82. The third-order valence-corrected chi connectivity index (χ3v) is 2.17. The van der Waals surface area contributed by atoms with Crippen LogP contribution < -0.4 is 0 Å². The van der Waals surface area contributed by atoms with Crippen LogP contribution in [0.4, 0.5) is 0 Å². The molecule has 0 aromatic heterocycles. The number of hydrogen-bond acceptors (Lipinski definition) is 2. The van der Waals surface area contributed by atoms with Crippen molar-refractivity contribution in [3.8, 4) is 0 Å². The van der Waals surface area contributed by atoms with Crippen molar-refractivity contribution in [1.29, 1.82) is 0 Å². The molecule has 0 aromatic carbocycles. The quantitative estimate of drug-likeness (QED) is 0.627. The Bertz CT molecular complexity index is 97.4. The van der Waals surface area contributed by atoms with Gasteiger partial charge in [0.1, 0.15) is 0 Å². The lowest BCUT2D eigenvalue weighted by Crippen LogP contribution is -2.37. The van der Waals surface area contributed by atoms with E-state index in [1.807, 2.05) is 20.8 Å². The highest BCUT2D eigenvalue weighted by Crippen LogP contribution is 2.26. The molecule has 0 rings (SSSR count). The molecule has 2 N–H and O–H groups in total. The summed E-state index contributed by atoms with van der Waals surface area (Å²) < 4.78 is 0. The van der Waals surface area contributed by atoms with E-state index < -0.39 is 12.2 Å². The molecular weight excluding hydrogens is 128 g/mol. The number of aliphatic hydroxyl groups excluding tert-OH is 2. The SMILES string of the molecule is CCC(C)(C)C(O)C(C)O. The van der Waals surface area contributed by atoms with Gasteiger partial charge in [-0.3, -0.25) is 0 Å². The van der Waals surface area contributed by atoms with E-state index in [0.29, 0.717) is 0 Å². The first-order valence-electron chi connectivity index (χ1n) is 3.78. The molecule has 0 bridgehead atoms. The molecule has 0 aromatic rings. The van der Waals surface area contributed by atoms with E-state index in [-0.39, 0.29) is 5.41 Å². The average Bonchev–Trinajstić information content (AvgIpc) is 1.86. The molecule has 0 spiro atoms. The summed E-state index contributed by atoms with van der Waals surface area (Å²) in [5.74, 6) is 0. The van der Waals surface area contributed by atoms with Gasteiger partial charge in [-0.2, -0.15) is 0 Å². The summed E-state index contributed by atoms with van der Waals surface area (Å²) in [5, 5.41) is 18.4. The minimum absolute atomic E-state index is 0.172. The molecule has 0 radical (unpaired) electrons. The molecule has 0 aliphatic heterocycles. The van der Waals surface area contributed by atoms with Crippen molar-refractivity contribution in [3.63, 3.8) is 0 Å². The molecule has 10 heavy (non-hydrogen) atoms. The zero-order valence-corrected chi connectivity index (χ0v) is 7.26. The molecule has 0 saturated carbocycles. The molecule has 62 valence electrons. The molecule has 2 nitrogen and oxygen atoms in total. The van der Waals surface area contributed by atoms with Gasteiger partial charge in [0.2, 0.25) is 0 Å². The second kappa shape index (κ2) is 3.35. The van der Waals surface area contributed by atoms with Crippen LogP contribution in [0.2, 0.25) is 0 Å². The van der Waals surface area contributed by atoms with Crippen LogP contribution in [0.3, 0.4) is 0 Å². The Labute approximate surface area is 62.9 Å². The van der Waals surface area contributed by atoms with Gasteiger partial charge in [-0.05, 0) is 18.8 Å². The van der Waals surface area contributed by atoms with Crippen LogP contribution in [0.5, 0.6) is 0 Å². The highest BCUT2D eigenvalue weighted by atomic mass is 16.3. The molecular formula is C8H18O2. The summed E-state index contributed by atoms with van der Waals surface area (Å²) >= 11 is 0. The second-order valence-corrected chi connectivity index (χ2v) is 3.53. The molecule has 0 heterocycles. The van der Waals surface area contributed by atoms with Crippen molar-refractivity contribution in [2.45, 2.75) is 46.3 Å². The third kappa shape index (κ3) is 2.27. The highest BCUT2D eigenvalue weighted by Gasteiger charge is 2.28. The standard InChI is InChI=1S/C8H18O2/c1-5-8(3,4)7(10)6(2)9/h6-7,9-10H,5H2,1-4H3. The van der Waals surface area contributed by atoms with E-state index in [9.17, 15) is 5.11 Å². The van der Waals surface area contributed by atoms with Crippen LogP contribution in [0.15, 0.2) is 0 Å². The van der Waals surface area contributed by atoms with E-state index in [4.69, 9.17) is 5.11 Å². The number of hydrogen-bond donors (Lipinski definition) is 2. The van der Waals surface area contributed by atoms with Gasteiger partial charge in [-0.1, -0.05) is 20.8 Å². The van der Waals surface area contributed by atoms with Gasteiger partial charge in [-0.25, -0.2) is 0 Å². The van der Waals surface area contributed by atoms with Crippen LogP contribution in [-0.4, -0.2) is 22.4 Å². The van der Waals surface area contributed by atoms with E-state index in [1.54, 1.807) is 6.92 Å². The normalized spacial score (nSPS) is 18.6. The molecule has 2 atom stereocenters. The first-order chi connectivity index (χ1) is 4.41. The Morgan fingerprint density at radius 3 is 1.80 bits per heavy atom. The summed E-state index contributed by atoms with van der Waals surface area (Å²) in [6, 6.07) is 0. The van der Waals surface area contributed by atoms with Gasteiger partial charge in [0.15, 0.2) is 0 Å². The molecule has 0 aliphatic rings. The maximum absolute atomic E-state index is 9.40. The van der Waals surface area contributed by atoms with E-state index >= 15 is 0 Å². The van der Waals surface area contributed by atoms with Crippen molar-refractivity contribution in [2.24, 2.45) is 5.41 Å². The van der Waals surface area contributed by atoms with Gasteiger partial charge in [0.25, 0.3) is 0 Å². The summed E-state index contributed by atoms with van der Waals surface area (Å²) in [6.07, 6.45) is -0.369. The van der Waals surface area contributed by atoms with Crippen molar-refractivity contribution in [3.05, 3.63) is 0 Å². The molecule has 2 heteroatoms. The average molecular weight is 146 g/mol. The molecule has 2 unspecified atom stereocenters. The van der Waals surface area contributed by atoms with Gasteiger partial charge in [-0.15, -0.1) is 0 Å². The van der Waals surface area contributed by atoms with E-state index in [2.05, 4.69) is 0 Å². The highest BCUT2D eigenvalue weighted by molar-refractivity contribution is 4.79. The largest absolute Gasteiger partial charge is 0.391 e. The van der Waals surface area contributed by atoms with Crippen LogP contribution in [0.25, 0.3) is 0 Å². The summed E-state index contributed by atoms with van der Waals surface area (Å²) in [7, 11) is 0. The Morgan fingerprint density at radius 1 is 1.30 bits per heavy atom. The zero-order valence-electron chi connectivity index (χ0n) is 7.26. The molecule has 0 aliphatic carbocycles. The van der Waals surface area contributed by atoms with Crippen molar-refractivity contribution >= 4 is 0 Å². The van der Waals surface area contributed by atoms with Gasteiger partial charge in [0, 0.05) is 0 Å². The Hall–Kier alpha value is -0.0800. The van der Waals surface area contributed by atoms with Crippen LogP contribution in [0.1, 0.15) is 34.1 Å². The Morgan fingerprint density at radius 2 is 1.70 bits per heavy atom. The Kier molecular flexibility index (Phi) is 3.33. The number of rotatable bonds is 3. The number of aliphatic hydroxyl groups is 2. The van der Waals surface area contributed by atoms with Crippen molar-refractivity contribution < 1.29 is 10.2 Å². The summed E-state index contributed by atoms with van der Waals surface area (Å²) in [5.41, 5.74) is -0.172. The molecule has 0 amide bonds. The Balaban J connectivity index is 4.03. The summed E-state index contributed by atoms with van der Waals surface area (Å²) in [6.45, 7) is 7.52.